The van der Waals surface area contributed by atoms with Crippen LogP contribution in [0, 0.1) is 0 Å². The van der Waals surface area contributed by atoms with Gasteiger partial charge in [0.25, 0.3) is 0 Å². The van der Waals surface area contributed by atoms with Crippen LogP contribution in [0.3, 0.4) is 0 Å². The van der Waals surface area contributed by atoms with Crippen LogP contribution in [0.5, 0.6) is 11.5 Å². The van der Waals surface area contributed by atoms with Gasteiger partial charge in [-0.15, -0.1) is 0 Å². The monoisotopic (exact) mass is 294 g/mol. The molecular formula is C20H22O2. The van der Waals surface area contributed by atoms with Crippen molar-refractivity contribution >= 4 is 6.29 Å². The molecule has 0 fully saturated rings. The smallest absolute Gasteiger partial charge is 0.132 e. The molecule has 1 aliphatic rings. The van der Waals surface area contributed by atoms with Gasteiger partial charge in [0.15, 0.2) is 0 Å². The summed E-state index contributed by atoms with van der Waals surface area (Å²) in [5.41, 5.74) is 4.60. The summed E-state index contributed by atoms with van der Waals surface area (Å²) >= 11 is 0. The summed E-state index contributed by atoms with van der Waals surface area (Å²) in [4.78, 5) is 11.8. The first-order chi connectivity index (χ1) is 10.8. The first kappa shape index (κ1) is 14.8. The molecule has 0 aliphatic carbocycles. The molecule has 2 heteroatoms. The zero-order valence-corrected chi connectivity index (χ0v) is 13.3. The normalized spacial score (nSPS) is 15.6. The van der Waals surface area contributed by atoms with Crippen molar-refractivity contribution in [1.29, 1.82) is 0 Å². The lowest BCUT2D eigenvalue weighted by Crippen LogP contribution is -2.14. The van der Waals surface area contributed by atoms with E-state index in [0.29, 0.717) is 0 Å². The van der Waals surface area contributed by atoms with Gasteiger partial charge in [-0.05, 0) is 36.1 Å². The number of carbonyl (C=O) groups is 1. The maximum atomic E-state index is 11.8. The molecule has 2 aromatic carbocycles. The summed E-state index contributed by atoms with van der Waals surface area (Å²) in [6.07, 6.45) is 5.25. The largest absolute Gasteiger partial charge is 0.457 e. The fourth-order valence-corrected chi connectivity index (χ4v) is 3.34. The molecule has 0 saturated carbocycles. The Hall–Kier alpha value is -2.09. The van der Waals surface area contributed by atoms with E-state index in [9.17, 15) is 4.79 Å². The lowest BCUT2D eigenvalue weighted by atomic mass is 9.83. The highest BCUT2D eigenvalue weighted by Crippen LogP contribution is 2.45. The number of rotatable bonds is 5. The molecule has 0 aromatic heterocycles. The van der Waals surface area contributed by atoms with Crippen LogP contribution in [-0.2, 0) is 17.6 Å². The molecule has 1 heterocycles. The van der Waals surface area contributed by atoms with Crippen LogP contribution < -0.4 is 4.74 Å². The number of fused-ring (bicyclic) bond motifs is 2. The van der Waals surface area contributed by atoms with Crippen molar-refractivity contribution in [3.05, 3.63) is 58.7 Å². The Bertz CT molecular complexity index is 688. The molecule has 1 atom stereocenters. The van der Waals surface area contributed by atoms with Gasteiger partial charge in [0.2, 0.25) is 0 Å². The van der Waals surface area contributed by atoms with Crippen molar-refractivity contribution < 1.29 is 9.53 Å². The second kappa shape index (κ2) is 6.35. The van der Waals surface area contributed by atoms with E-state index in [-0.39, 0.29) is 5.92 Å². The van der Waals surface area contributed by atoms with E-state index in [4.69, 9.17) is 4.74 Å². The molecule has 2 aromatic rings. The zero-order chi connectivity index (χ0) is 15.5. The average Bonchev–Trinajstić information content (AvgIpc) is 2.53. The van der Waals surface area contributed by atoms with Crippen molar-refractivity contribution in [3.8, 4) is 11.5 Å². The van der Waals surface area contributed by atoms with E-state index >= 15 is 0 Å². The predicted molar refractivity (Wildman–Crippen MR) is 88.9 cm³/mol. The lowest BCUT2D eigenvalue weighted by molar-refractivity contribution is -0.108. The number of carbonyl (C=O) groups excluding carboxylic acids is 1. The summed E-state index contributed by atoms with van der Waals surface area (Å²) in [7, 11) is 0. The van der Waals surface area contributed by atoms with Gasteiger partial charge in [0.1, 0.15) is 17.8 Å². The second-order valence-corrected chi connectivity index (χ2v) is 5.92. The van der Waals surface area contributed by atoms with E-state index in [0.717, 1.165) is 54.6 Å². The van der Waals surface area contributed by atoms with E-state index in [1.807, 2.05) is 24.3 Å². The Balaban J connectivity index is 2.17. The number of ether oxygens (including phenoxy) is 1. The first-order valence-electron chi connectivity index (χ1n) is 8.16. The van der Waals surface area contributed by atoms with Crippen molar-refractivity contribution in [2.24, 2.45) is 0 Å². The second-order valence-electron chi connectivity index (χ2n) is 5.92. The number of hydrogen-bond donors (Lipinski definition) is 0. The number of hydrogen-bond acceptors (Lipinski definition) is 2. The predicted octanol–water partition coefficient (Wildman–Crippen LogP) is 5.03. The lowest BCUT2D eigenvalue weighted by Gasteiger charge is -2.28. The highest BCUT2D eigenvalue weighted by atomic mass is 16.5. The quantitative estimate of drug-likeness (QED) is 0.723. The van der Waals surface area contributed by atoms with E-state index < -0.39 is 0 Å². The molecule has 1 aliphatic heterocycles. The first-order valence-corrected chi connectivity index (χ1v) is 8.16. The molecule has 1 unspecified atom stereocenters. The zero-order valence-electron chi connectivity index (χ0n) is 13.3. The third-order valence-corrected chi connectivity index (χ3v) is 4.27. The molecule has 2 nitrogen and oxygen atoms in total. The van der Waals surface area contributed by atoms with Gasteiger partial charge in [-0.3, -0.25) is 0 Å². The number of aldehydes is 1. The third kappa shape index (κ3) is 2.54. The highest BCUT2D eigenvalue weighted by molar-refractivity contribution is 5.75. The van der Waals surface area contributed by atoms with Crippen molar-refractivity contribution in [3.63, 3.8) is 0 Å². The molecule has 0 N–H and O–H groups in total. The standard InChI is InChI=1S/C20H22O2/c1-3-7-14-11-15(8-4-2)20-17(13-21)16-9-5-6-10-18(16)22-19(20)12-14/h5-6,9-13,17H,3-4,7-8H2,1-2H3. The number of benzene rings is 2. The molecule has 0 spiro atoms. The molecule has 0 bridgehead atoms. The highest BCUT2D eigenvalue weighted by Gasteiger charge is 2.29. The fourth-order valence-electron chi connectivity index (χ4n) is 3.34. The van der Waals surface area contributed by atoms with Gasteiger partial charge in [0.05, 0.1) is 5.92 Å². The molecule has 0 amide bonds. The van der Waals surface area contributed by atoms with Crippen LogP contribution in [-0.4, -0.2) is 6.29 Å². The van der Waals surface area contributed by atoms with Crippen LogP contribution in [0.4, 0.5) is 0 Å². The minimum atomic E-state index is -0.211. The summed E-state index contributed by atoms with van der Waals surface area (Å²) in [6, 6.07) is 12.2. The maximum Gasteiger partial charge on any atom is 0.132 e. The van der Waals surface area contributed by atoms with Crippen molar-refractivity contribution in [1.82, 2.24) is 0 Å². The van der Waals surface area contributed by atoms with Crippen LogP contribution in [0.15, 0.2) is 36.4 Å². The summed E-state index contributed by atoms with van der Waals surface area (Å²) in [5, 5.41) is 0. The molecule has 22 heavy (non-hydrogen) atoms. The van der Waals surface area contributed by atoms with Gasteiger partial charge >= 0.3 is 0 Å². The SMILES string of the molecule is CCCc1cc(CCC)c2c(c1)Oc1ccccc1C2C=O. The number of para-hydroxylation sites is 1. The van der Waals surface area contributed by atoms with Gasteiger partial charge in [-0.25, -0.2) is 0 Å². The van der Waals surface area contributed by atoms with Crippen LogP contribution >= 0.6 is 0 Å². The average molecular weight is 294 g/mol. The molecule has 3 rings (SSSR count). The van der Waals surface area contributed by atoms with Gasteiger partial charge < -0.3 is 9.53 Å². The molecular weight excluding hydrogens is 272 g/mol. The number of aryl methyl sites for hydroxylation is 2. The minimum Gasteiger partial charge on any atom is -0.457 e. The van der Waals surface area contributed by atoms with Crippen LogP contribution in [0.1, 0.15) is 54.9 Å². The Labute approximate surface area is 132 Å². The van der Waals surface area contributed by atoms with Crippen LogP contribution in [0.25, 0.3) is 0 Å². The molecule has 0 radical (unpaired) electrons. The summed E-state index contributed by atoms with van der Waals surface area (Å²) < 4.78 is 6.12. The summed E-state index contributed by atoms with van der Waals surface area (Å²) in [6.45, 7) is 4.36. The maximum absolute atomic E-state index is 11.8. The van der Waals surface area contributed by atoms with E-state index in [1.165, 1.54) is 11.1 Å². The van der Waals surface area contributed by atoms with Gasteiger partial charge in [0, 0.05) is 11.1 Å². The van der Waals surface area contributed by atoms with Gasteiger partial charge in [-0.1, -0.05) is 51.0 Å². The fraction of sp³-hybridized carbons (Fsp3) is 0.350. The van der Waals surface area contributed by atoms with Crippen molar-refractivity contribution in [2.45, 2.75) is 45.4 Å². The van der Waals surface area contributed by atoms with Gasteiger partial charge in [-0.2, -0.15) is 0 Å². The van der Waals surface area contributed by atoms with E-state index in [1.54, 1.807) is 0 Å². The Morgan fingerprint density at radius 3 is 2.55 bits per heavy atom. The minimum absolute atomic E-state index is 0.211. The topological polar surface area (TPSA) is 26.3 Å². The Morgan fingerprint density at radius 1 is 1.05 bits per heavy atom. The summed E-state index contributed by atoms with van der Waals surface area (Å²) in [5.74, 6) is 1.46. The van der Waals surface area contributed by atoms with E-state index in [2.05, 4.69) is 26.0 Å². The molecule has 114 valence electrons. The van der Waals surface area contributed by atoms with Crippen molar-refractivity contribution in [2.75, 3.05) is 0 Å². The third-order valence-electron chi connectivity index (χ3n) is 4.27. The Kier molecular flexibility index (Phi) is 4.28. The Morgan fingerprint density at radius 2 is 1.82 bits per heavy atom. The molecule has 0 saturated heterocycles. The van der Waals surface area contributed by atoms with Crippen LogP contribution in [0.2, 0.25) is 0 Å².